The zero-order chi connectivity index (χ0) is 20.8. The number of aliphatic hydroxyl groups excluding tert-OH is 1. The van der Waals surface area contributed by atoms with Gasteiger partial charge in [0.15, 0.2) is 0 Å². The van der Waals surface area contributed by atoms with Crippen LogP contribution in [0.15, 0.2) is 48.7 Å². The van der Waals surface area contributed by atoms with E-state index >= 15 is 0 Å². The molecule has 1 amide bonds. The Labute approximate surface area is 178 Å². The summed E-state index contributed by atoms with van der Waals surface area (Å²) in [7, 11) is 0. The predicted molar refractivity (Wildman–Crippen MR) is 118 cm³/mol. The summed E-state index contributed by atoms with van der Waals surface area (Å²) in [5.41, 5.74) is 1.70. The fourth-order valence-corrected chi connectivity index (χ4v) is 4.49. The van der Waals surface area contributed by atoms with E-state index in [0.717, 1.165) is 63.2 Å². The van der Waals surface area contributed by atoms with Gasteiger partial charge in [0, 0.05) is 44.8 Å². The molecule has 6 nitrogen and oxygen atoms in total. The number of pyridine rings is 1. The minimum atomic E-state index is -0.312. The SMILES string of the molecule is O=C(c1ccc(N2CCCNCC2)nc1)N(Cc1ccccc1)C[C@@H]1CCC[C@@H]1O. The second kappa shape index (κ2) is 10.0. The second-order valence-electron chi connectivity index (χ2n) is 8.43. The van der Waals surface area contributed by atoms with E-state index in [1.54, 1.807) is 6.20 Å². The van der Waals surface area contributed by atoms with Crippen molar-refractivity contribution >= 4 is 11.7 Å². The molecule has 1 aromatic heterocycles. The van der Waals surface area contributed by atoms with Crippen LogP contribution in [0.25, 0.3) is 0 Å². The fourth-order valence-electron chi connectivity index (χ4n) is 4.49. The molecule has 4 rings (SSSR count). The van der Waals surface area contributed by atoms with Crippen molar-refractivity contribution in [1.82, 2.24) is 15.2 Å². The molecular weight excluding hydrogens is 376 g/mol. The summed E-state index contributed by atoms with van der Waals surface area (Å²) in [4.78, 5) is 22.1. The molecule has 2 atom stereocenters. The molecule has 1 aromatic carbocycles. The summed E-state index contributed by atoms with van der Waals surface area (Å²) in [5, 5.41) is 13.7. The summed E-state index contributed by atoms with van der Waals surface area (Å²) in [5.74, 6) is 1.06. The van der Waals surface area contributed by atoms with Gasteiger partial charge in [-0.25, -0.2) is 4.98 Å². The van der Waals surface area contributed by atoms with Crippen LogP contribution in [0, 0.1) is 5.92 Å². The monoisotopic (exact) mass is 408 g/mol. The van der Waals surface area contributed by atoms with E-state index in [4.69, 9.17) is 0 Å². The largest absolute Gasteiger partial charge is 0.393 e. The quantitative estimate of drug-likeness (QED) is 0.769. The summed E-state index contributed by atoms with van der Waals surface area (Å²) >= 11 is 0. The average molecular weight is 409 g/mol. The smallest absolute Gasteiger partial charge is 0.255 e. The van der Waals surface area contributed by atoms with Crippen molar-refractivity contribution < 1.29 is 9.90 Å². The summed E-state index contributed by atoms with van der Waals surface area (Å²) < 4.78 is 0. The van der Waals surface area contributed by atoms with Crippen LogP contribution in [0.1, 0.15) is 41.6 Å². The van der Waals surface area contributed by atoms with E-state index in [2.05, 4.69) is 15.2 Å². The van der Waals surface area contributed by atoms with Gasteiger partial charge in [0.05, 0.1) is 11.7 Å². The van der Waals surface area contributed by atoms with Crippen molar-refractivity contribution in [1.29, 1.82) is 0 Å². The number of amides is 1. The van der Waals surface area contributed by atoms with Crippen molar-refractivity contribution in [3.05, 3.63) is 59.8 Å². The van der Waals surface area contributed by atoms with E-state index in [9.17, 15) is 9.90 Å². The molecule has 2 heterocycles. The van der Waals surface area contributed by atoms with Gasteiger partial charge < -0.3 is 20.2 Å². The maximum Gasteiger partial charge on any atom is 0.255 e. The van der Waals surface area contributed by atoms with Gasteiger partial charge in [-0.15, -0.1) is 0 Å². The third-order valence-corrected chi connectivity index (χ3v) is 6.24. The van der Waals surface area contributed by atoms with Crippen molar-refractivity contribution in [2.45, 2.75) is 38.3 Å². The summed E-state index contributed by atoms with van der Waals surface area (Å²) in [6.07, 6.45) is 5.32. The molecular formula is C24H32N4O2. The van der Waals surface area contributed by atoms with Gasteiger partial charge in [-0.1, -0.05) is 36.8 Å². The number of hydrogen-bond acceptors (Lipinski definition) is 5. The highest BCUT2D eigenvalue weighted by Crippen LogP contribution is 2.27. The number of benzene rings is 1. The zero-order valence-electron chi connectivity index (χ0n) is 17.5. The van der Waals surface area contributed by atoms with E-state index in [1.807, 2.05) is 47.4 Å². The molecule has 1 aliphatic heterocycles. The van der Waals surface area contributed by atoms with Gasteiger partial charge in [-0.2, -0.15) is 0 Å². The lowest BCUT2D eigenvalue weighted by atomic mass is 10.0. The summed E-state index contributed by atoms with van der Waals surface area (Å²) in [6.45, 7) is 5.02. The number of nitrogens with zero attached hydrogens (tertiary/aromatic N) is 3. The van der Waals surface area contributed by atoms with E-state index in [0.29, 0.717) is 18.7 Å². The third kappa shape index (κ3) is 5.18. The maximum atomic E-state index is 13.4. The van der Waals surface area contributed by atoms with Crippen molar-refractivity contribution in [3.63, 3.8) is 0 Å². The number of carbonyl (C=O) groups excluding carboxylic acids is 1. The molecule has 2 N–H and O–H groups in total. The number of hydrogen-bond donors (Lipinski definition) is 2. The van der Waals surface area contributed by atoms with Crippen LogP contribution in [0.3, 0.4) is 0 Å². The van der Waals surface area contributed by atoms with Gasteiger partial charge >= 0.3 is 0 Å². The molecule has 2 fully saturated rings. The standard InChI is InChI=1S/C24H32N4O2/c29-22-9-4-8-21(22)18-28(17-19-6-2-1-3-7-19)24(30)20-10-11-23(26-16-20)27-14-5-12-25-13-15-27/h1-3,6-7,10-11,16,21-22,25,29H,4-5,8-9,12-15,17-18H2/t21-,22-/m0/s1. The lowest BCUT2D eigenvalue weighted by molar-refractivity contribution is 0.0622. The number of anilines is 1. The molecule has 6 heteroatoms. The number of carbonyl (C=O) groups is 1. The Morgan fingerprint density at radius 2 is 1.97 bits per heavy atom. The van der Waals surface area contributed by atoms with Gasteiger partial charge in [0.1, 0.15) is 5.82 Å². The zero-order valence-corrected chi connectivity index (χ0v) is 17.5. The Morgan fingerprint density at radius 1 is 1.10 bits per heavy atom. The van der Waals surface area contributed by atoms with Crippen molar-refractivity contribution in [2.24, 2.45) is 5.92 Å². The van der Waals surface area contributed by atoms with E-state index < -0.39 is 0 Å². The highest BCUT2D eigenvalue weighted by atomic mass is 16.3. The molecule has 0 bridgehead atoms. The molecule has 1 saturated carbocycles. The van der Waals surface area contributed by atoms with Crippen LogP contribution in [0.5, 0.6) is 0 Å². The Morgan fingerprint density at radius 3 is 2.70 bits per heavy atom. The second-order valence-corrected chi connectivity index (χ2v) is 8.43. The fraction of sp³-hybridized carbons (Fsp3) is 0.500. The average Bonchev–Trinajstić information content (AvgIpc) is 3.02. The molecule has 0 spiro atoms. The number of aliphatic hydroxyl groups is 1. The minimum Gasteiger partial charge on any atom is -0.393 e. The van der Waals surface area contributed by atoms with Crippen LogP contribution in [-0.2, 0) is 6.54 Å². The van der Waals surface area contributed by atoms with E-state index in [-0.39, 0.29) is 17.9 Å². The molecule has 0 unspecified atom stereocenters. The first-order valence-corrected chi connectivity index (χ1v) is 11.1. The first kappa shape index (κ1) is 20.8. The number of aromatic nitrogens is 1. The summed E-state index contributed by atoms with van der Waals surface area (Å²) in [6, 6.07) is 13.9. The Kier molecular flexibility index (Phi) is 6.97. The lowest BCUT2D eigenvalue weighted by Crippen LogP contribution is -2.37. The Bertz CT molecular complexity index is 804. The first-order chi connectivity index (χ1) is 14.7. The Hall–Kier alpha value is -2.44. The predicted octanol–water partition coefficient (Wildman–Crippen LogP) is 2.68. The van der Waals surface area contributed by atoms with Crippen LogP contribution in [0.4, 0.5) is 5.82 Å². The van der Waals surface area contributed by atoms with Crippen LogP contribution < -0.4 is 10.2 Å². The number of rotatable bonds is 6. The van der Waals surface area contributed by atoms with Gasteiger partial charge in [-0.3, -0.25) is 4.79 Å². The highest BCUT2D eigenvalue weighted by Gasteiger charge is 2.29. The lowest BCUT2D eigenvalue weighted by Gasteiger charge is -2.28. The highest BCUT2D eigenvalue weighted by molar-refractivity contribution is 5.94. The van der Waals surface area contributed by atoms with Crippen LogP contribution in [-0.4, -0.2) is 59.7 Å². The minimum absolute atomic E-state index is 0.0189. The van der Waals surface area contributed by atoms with Gasteiger partial charge in [-0.05, 0) is 43.5 Å². The third-order valence-electron chi connectivity index (χ3n) is 6.24. The number of nitrogens with one attached hydrogen (secondary N) is 1. The van der Waals surface area contributed by atoms with Crippen molar-refractivity contribution in [3.8, 4) is 0 Å². The molecule has 1 aliphatic carbocycles. The van der Waals surface area contributed by atoms with Crippen molar-refractivity contribution in [2.75, 3.05) is 37.6 Å². The molecule has 1 saturated heterocycles. The molecule has 30 heavy (non-hydrogen) atoms. The van der Waals surface area contributed by atoms with Gasteiger partial charge in [0.25, 0.3) is 5.91 Å². The Balaban J connectivity index is 1.49. The van der Waals surface area contributed by atoms with Gasteiger partial charge in [0.2, 0.25) is 0 Å². The molecule has 2 aliphatic rings. The first-order valence-electron chi connectivity index (χ1n) is 11.1. The normalized spacial score (nSPS) is 22.0. The maximum absolute atomic E-state index is 13.4. The van der Waals surface area contributed by atoms with E-state index in [1.165, 1.54) is 0 Å². The molecule has 0 radical (unpaired) electrons. The van der Waals surface area contributed by atoms with Crippen LogP contribution in [0.2, 0.25) is 0 Å². The topological polar surface area (TPSA) is 68.7 Å². The molecule has 2 aromatic rings. The van der Waals surface area contributed by atoms with Crippen LogP contribution >= 0.6 is 0 Å². The molecule has 160 valence electrons.